The van der Waals surface area contributed by atoms with Crippen molar-refractivity contribution in [1.82, 2.24) is 10.2 Å². The third-order valence-electron chi connectivity index (χ3n) is 4.27. The van der Waals surface area contributed by atoms with E-state index in [2.05, 4.69) is 80.3 Å². The molecule has 3 heteroatoms. The molecule has 1 aromatic rings. The summed E-state index contributed by atoms with van der Waals surface area (Å²) in [6.45, 7) is 5.85. The first-order valence-electron chi connectivity index (χ1n) is 7.52. The first-order chi connectivity index (χ1) is 9.49. The van der Waals surface area contributed by atoms with Gasteiger partial charge in [0.25, 0.3) is 0 Å². The molecule has 1 saturated heterocycles. The number of rotatable bonds is 5. The lowest BCUT2D eigenvalue weighted by atomic mass is 9.81. The van der Waals surface area contributed by atoms with Crippen LogP contribution in [0.15, 0.2) is 30.3 Å². The fraction of sp³-hybridized carbons (Fsp3) is 0.647. The molecule has 1 N–H and O–H groups in total. The van der Waals surface area contributed by atoms with Gasteiger partial charge in [-0.05, 0) is 37.2 Å². The van der Waals surface area contributed by atoms with E-state index >= 15 is 0 Å². The zero-order chi connectivity index (χ0) is 14.6. The monoisotopic (exact) mass is 292 g/mol. The van der Waals surface area contributed by atoms with Gasteiger partial charge in [-0.2, -0.15) is 11.8 Å². The highest BCUT2D eigenvalue weighted by atomic mass is 32.2. The summed E-state index contributed by atoms with van der Waals surface area (Å²) in [5, 5.41) is 3.93. The second kappa shape index (κ2) is 6.97. The van der Waals surface area contributed by atoms with E-state index in [1.165, 1.54) is 23.5 Å². The van der Waals surface area contributed by atoms with Gasteiger partial charge in [-0.15, -0.1) is 0 Å². The molecule has 0 amide bonds. The quantitative estimate of drug-likeness (QED) is 0.895. The molecule has 1 aromatic carbocycles. The minimum absolute atomic E-state index is 0.393. The van der Waals surface area contributed by atoms with Crippen LogP contribution in [0.3, 0.4) is 0 Å². The third-order valence-corrected chi connectivity index (χ3v) is 5.33. The van der Waals surface area contributed by atoms with Crippen LogP contribution in [-0.4, -0.2) is 43.1 Å². The van der Waals surface area contributed by atoms with Gasteiger partial charge >= 0.3 is 0 Å². The van der Waals surface area contributed by atoms with Crippen LogP contribution in [-0.2, 0) is 0 Å². The van der Waals surface area contributed by atoms with Crippen molar-refractivity contribution in [3.63, 3.8) is 0 Å². The van der Waals surface area contributed by atoms with Crippen LogP contribution in [0, 0.1) is 5.41 Å². The Morgan fingerprint density at radius 1 is 1.30 bits per heavy atom. The van der Waals surface area contributed by atoms with Crippen LogP contribution >= 0.6 is 11.8 Å². The molecule has 0 aromatic heterocycles. The second-order valence-corrected chi connectivity index (χ2v) is 7.91. The van der Waals surface area contributed by atoms with Crippen molar-refractivity contribution in [2.24, 2.45) is 5.41 Å². The van der Waals surface area contributed by atoms with Crippen molar-refractivity contribution in [3.8, 4) is 0 Å². The number of likely N-dealkylation sites (N-methyl/N-ethyl adjacent to an activating group) is 1. The van der Waals surface area contributed by atoms with Gasteiger partial charge in [0.05, 0.1) is 0 Å². The van der Waals surface area contributed by atoms with E-state index < -0.39 is 0 Å². The van der Waals surface area contributed by atoms with E-state index in [0.29, 0.717) is 17.5 Å². The van der Waals surface area contributed by atoms with Gasteiger partial charge in [0.2, 0.25) is 0 Å². The maximum absolute atomic E-state index is 3.93. The number of hydrogen-bond donors (Lipinski definition) is 1. The Kier molecular flexibility index (Phi) is 5.53. The number of hydrogen-bond acceptors (Lipinski definition) is 3. The molecule has 1 heterocycles. The van der Waals surface area contributed by atoms with E-state index in [4.69, 9.17) is 0 Å². The standard InChI is InChI=1S/C17H28N2S/c1-17(2)10-11-20-13-16(17)18-15(12-19(3)4)14-8-6-5-7-9-14/h5-9,15-16,18H,10-13H2,1-4H3. The van der Waals surface area contributed by atoms with Crippen LogP contribution in [0.25, 0.3) is 0 Å². The number of benzene rings is 1. The molecule has 2 atom stereocenters. The predicted octanol–water partition coefficient (Wildman–Crippen LogP) is 3.41. The number of nitrogens with zero attached hydrogens (tertiary/aromatic N) is 1. The Bertz CT molecular complexity index is 403. The maximum Gasteiger partial charge on any atom is 0.0451 e. The van der Waals surface area contributed by atoms with Gasteiger partial charge in [-0.25, -0.2) is 0 Å². The van der Waals surface area contributed by atoms with Gasteiger partial charge in [0, 0.05) is 24.4 Å². The lowest BCUT2D eigenvalue weighted by Gasteiger charge is -2.41. The minimum Gasteiger partial charge on any atom is -0.308 e. The average molecular weight is 292 g/mol. The molecular weight excluding hydrogens is 264 g/mol. The van der Waals surface area contributed by atoms with E-state index in [-0.39, 0.29) is 0 Å². The van der Waals surface area contributed by atoms with Crippen molar-refractivity contribution in [3.05, 3.63) is 35.9 Å². The summed E-state index contributed by atoms with van der Waals surface area (Å²) in [5.74, 6) is 2.53. The topological polar surface area (TPSA) is 15.3 Å². The first kappa shape index (κ1) is 15.9. The highest BCUT2D eigenvalue weighted by Gasteiger charge is 2.34. The van der Waals surface area contributed by atoms with Gasteiger partial charge in [-0.1, -0.05) is 44.2 Å². The van der Waals surface area contributed by atoms with Gasteiger partial charge in [0.15, 0.2) is 0 Å². The van der Waals surface area contributed by atoms with Crippen molar-refractivity contribution < 1.29 is 0 Å². The summed E-state index contributed by atoms with van der Waals surface area (Å²) >= 11 is 2.09. The van der Waals surface area contributed by atoms with Crippen molar-refractivity contribution >= 4 is 11.8 Å². The third kappa shape index (κ3) is 4.24. The smallest absolute Gasteiger partial charge is 0.0451 e. The normalized spacial score (nSPS) is 23.8. The summed E-state index contributed by atoms with van der Waals surface area (Å²) in [4.78, 5) is 2.27. The Morgan fingerprint density at radius 2 is 2.00 bits per heavy atom. The highest BCUT2D eigenvalue weighted by molar-refractivity contribution is 7.99. The van der Waals surface area contributed by atoms with E-state index in [0.717, 1.165) is 6.54 Å². The Hall–Kier alpha value is -0.510. The average Bonchev–Trinajstić information content (AvgIpc) is 2.40. The summed E-state index contributed by atoms with van der Waals surface area (Å²) in [6, 6.07) is 11.9. The van der Waals surface area contributed by atoms with Crippen LogP contribution in [0.2, 0.25) is 0 Å². The molecule has 0 bridgehead atoms. The Morgan fingerprint density at radius 3 is 2.60 bits per heavy atom. The van der Waals surface area contributed by atoms with Crippen LogP contribution in [0.4, 0.5) is 0 Å². The molecule has 2 unspecified atom stereocenters. The summed E-state index contributed by atoms with van der Waals surface area (Å²) < 4.78 is 0. The summed E-state index contributed by atoms with van der Waals surface area (Å²) in [6.07, 6.45) is 1.30. The Balaban J connectivity index is 2.11. The second-order valence-electron chi connectivity index (χ2n) is 6.76. The zero-order valence-electron chi connectivity index (χ0n) is 13.2. The fourth-order valence-corrected chi connectivity index (χ4v) is 4.38. The fourth-order valence-electron chi connectivity index (χ4n) is 2.76. The van der Waals surface area contributed by atoms with E-state index in [1.54, 1.807) is 0 Å². The van der Waals surface area contributed by atoms with Gasteiger partial charge < -0.3 is 10.2 Å². The van der Waals surface area contributed by atoms with Gasteiger partial charge in [-0.3, -0.25) is 0 Å². The Labute approximate surface area is 128 Å². The molecule has 1 aliphatic rings. The first-order valence-corrected chi connectivity index (χ1v) is 8.68. The van der Waals surface area contributed by atoms with Crippen LogP contribution in [0.5, 0.6) is 0 Å². The maximum atomic E-state index is 3.93. The summed E-state index contributed by atoms with van der Waals surface area (Å²) in [5.41, 5.74) is 1.79. The lowest BCUT2D eigenvalue weighted by Crippen LogP contribution is -2.49. The van der Waals surface area contributed by atoms with Crippen molar-refractivity contribution in [2.45, 2.75) is 32.4 Å². The van der Waals surface area contributed by atoms with Crippen molar-refractivity contribution in [2.75, 3.05) is 32.1 Å². The largest absolute Gasteiger partial charge is 0.308 e. The van der Waals surface area contributed by atoms with Crippen LogP contribution < -0.4 is 5.32 Å². The molecule has 0 saturated carbocycles. The molecule has 2 rings (SSSR count). The number of thioether (sulfide) groups is 1. The molecule has 1 aliphatic heterocycles. The molecule has 2 nitrogen and oxygen atoms in total. The number of nitrogens with one attached hydrogen (secondary N) is 1. The zero-order valence-corrected chi connectivity index (χ0v) is 14.0. The molecule has 20 heavy (non-hydrogen) atoms. The molecule has 0 radical (unpaired) electrons. The molecule has 112 valence electrons. The van der Waals surface area contributed by atoms with E-state index in [9.17, 15) is 0 Å². The predicted molar refractivity (Wildman–Crippen MR) is 90.4 cm³/mol. The van der Waals surface area contributed by atoms with E-state index in [1.807, 2.05) is 0 Å². The SMILES string of the molecule is CN(C)CC(NC1CSCCC1(C)C)c1ccccc1. The lowest BCUT2D eigenvalue weighted by molar-refractivity contribution is 0.212. The molecule has 0 spiro atoms. The van der Waals surface area contributed by atoms with Gasteiger partial charge in [0.1, 0.15) is 0 Å². The molecule has 1 fully saturated rings. The van der Waals surface area contributed by atoms with Crippen molar-refractivity contribution in [1.29, 1.82) is 0 Å². The highest BCUT2D eigenvalue weighted by Crippen LogP contribution is 2.35. The summed E-state index contributed by atoms with van der Waals surface area (Å²) in [7, 11) is 4.30. The molecular formula is C17H28N2S. The molecule has 0 aliphatic carbocycles. The minimum atomic E-state index is 0.393. The van der Waals surface area contributed by atoms with Crippen LogP contribution in [0.1, 0.15) is 31.9 Å².